The summed E-state index contributed by atoms with van der Waals surface area (Å²) in [6.45, 7) is 3.07. The van der Waals surface area contributed by atoms with Crippen LogP contribution in [0.25, 0.3) is 10.9 Å². The lowest BCUT2D eigenvalue weighted by Crippen LogP contribution is -2.15. The van der Waals surface area contributed by atoms with Crippen molar-refractivity contribution in [3.8, 4) is 11.5 Å². The number of hydrogen-bond donors (Lipinski definition) is 0. The van der Waals surface area contributed by atoms with E-state index in [0.29, 0.717) is 24.5 Å². The molecule has 1 aromatic heterocycles. The molecule has 1 aliphatic heterocycles. The lowest BCUT2D eigenvalue weighted by atomic mass is 10.0. The number of methoxy groups -OCH3 is 1. The van der Waals surface area contributed by atoms with Gasteiger partial charge >= 0.3 is 5.97 Å². The first kappa shape index (κ1) is 17.7. The summed E-state index contributed by atoms with van der Waals surface area (Å²) in [6, 6.07) is 13.7. The number of fused-ring (bicyclic) bond motifs is 2. The SMILES string of the molecule is COC(=O)c1c(CSc2ccc3c(c2)OCCO3)nc2ccccc2c1C. The van der Waals surface area contributed by atoms with Crippen LogP contribution in [0.15, 0.2) is 47.4 Å². The van der Waals surface area contributed by atoms with Crippen molar-refractivity contribution in [2.75, 3.05) is 20.3 Å². The first-order valence-corrected chi connectivity index (χ1v) is 9.65. The van der Waals surface area contributed by atoms with Crippen LogP contribution in [0.4, 0.5) is 0 Å². The third kappa shape index (κ3) is 3.45. The summed E-state index contributed by atoms with van der Waals surface area (Å²) in [5.74, 6) is 1.71. The van der Waals surface area contributed by atoms with E-state index in [2.05, 4.69) is 0 Å². The van der Waals surface area contributed by atoms with Crippen LogP contribution < -0.4 is 9.47 Å². The molecule has 0 N–H and O–H groups in total. The number of thioether (sulfide) groups is 1. The van der Waals surface area contributed by atoms with Crippen LogP contribution in [0.3, 0.4) is 0 Å². The summed E-state index contributed by atoms with van der Waals surface area (Å²) >= 11 is 1.60. The molecule has 0 bridgehead atoms. The molecule has 0 fully saturated rings. The predicted octanol–water partition coefficient (Wildman–Crippen LogP) is 4.39. The summed E-state index contributed by atoms with van der Waals surface area (Å²) in [6.07, 6.45) is 0. The minimum Gasteiger partial charge on any atom is -0.486 e. The van der Waals surface area contributed by atoms with Crippen molar-refractivity contribution < 1.29 is 19.0 Å². The smallest absolute Gasteiger partial charge is 0.340 e. The van der Waals surface area contributed by atoms with Gasteiger partial charge in [-0.3, -0.25) is 4.98 Å². The van der Waals surface area contributed by atoms with Crippen molar-refractivity contribution in [3.05, 3.63) is 59.3 Å². The molecule has 0 atom stereocenters. The average molecular weight is 381 g/mol. The van der Waals surface area contributed by atoms with E-state index in [9.17, 15) is 4.79 Å². The second-order valence-corrected chi connectivity index (χ2v) is 7.21. The zero-order valence-corrected chi connectivity index (χ0v) is 16.0. The van der Waals surface area contributed by atoms with Gasteiger partial charge < -0.3 is 14.2 Å². The van der Waals surface area contributed by atoms with Crippen molar-refractivity contribution in [3.63, 3.8) is 0 Å². The van der Waals surface area contributed by atoms with E-state index in [1.54, 1.807) is 11.8 Å². The Balaban J connectivity index is 1.67. The molecule has 3 aromatic rings. The molecule has 6 heteroatoms. The van der Waals surface area contributed by atoms with Gasteiger partial charge in [0, 0.05) is 16.0 Å². The maximum atomic E-state index is 12.4. The number of aromatic nitrogens is 1. The van der Waals surface area contributed by atoms with Crippen LogP contribution in [-0.2, 0) is 10.5 Å². The summed E-state index contributed by atoms with van der Waals surface area (Å²) in [5, 5.41) is 0.964. The molecule has 0 amide bonds. The van der Waals surface area contributed by atoms with E-state index in [1.165, 1.54) is 7.11 Å². The Labute approximate surface area is 161 Å². The lowest BCUT2D eigenvalue weighted by Gasteiger charge is -2.19. The standard InChI is InChI=1S/C21H19NO4S/c1-13-15-5-3-4-6-16(15)22-17(20(13)21(23)24-2)12-27-14-7-8-18-19(11-14)26-10-9-25-18/h3-8,11H,9-10,12H2,1-2H3. The number of carbonyl (C=O) groups is 1. The van der Waals surface area contributed by atoms with E-state index in [0.717, 1.165) is 38.6 Å². The van der Waals surface area contributed by atoms with Crippen LogP contribution in [0.1, 0.15) is 21.6 Å². The van der Waals surface area contributed by atoms with Crippen LogP contribution in [0.2, 0.25) is 0 Å². The largest absolute Gasteiger partial charge is 0.486 e. The van der Waals surface area contributed by atoms with Gasteiger partial charge in [-0.25, -0.2) is 4.79 Å². The minimum atomic E-state index is -0.358. The second-order valence-electron chi connectivity index (χ2n) is 6.16. The molecular weight excluding hydrogens is 362 g/mol. The molecule has 0 spiro atoms. The first-order valence-electron chi connectivity index (χ1n) is 8.66. The fourth-order valence-corrected chi connectivity index (χ4v) is 4.05. The van der Waals surface area contributed by atoms with Gasteiger partial charge in [-0.15, -0.1) is 11.8 Å². The normalized spacial score (nSPS) is 12.8. The molecule has 0 radical (unpaired) electrons. The van der Waals surface area contributed by atoms with Crippen molar-refractivity contribution in [1.82, 2.24) is 4.98 Å². The van der Waals surface area contributed by atoms with Crippen molar-refractivity contribution >= 4 is 28.6 Å². The quantitative estimate of drug-likeness (QED) is 0.493. The van der Waals surface area contributed by atoms with Gasteiger partial charge in [-0.05, 0) is 36.8 Å². The third-order valence-electron chi connectivity index (χ3n) is 4.51. The first-order chi connectivity index (χ1) is 13.2. The Morgan fingerprint density at radius 2 is 1.93 bits per heavy atom. The Hall–Kier alpha value is -2.73. The maximum Gasteiger partial charge on any atom is 0.340 e. The third-order valence-corrected chi connectivity index (χ3v) is 5.51. The minimum absolute atomic E-state index is 0.358. The summed E-state index contributed by atoms with van der Waals surface area (Å²) in [4.78, 5) is 18.2. The van der Waals surface area contributed by atoms with Crippen molar-refractivity contribution in [2.24, 2.45) is 0 Å². The highest BCUT2D eigenvalue weighted by Gasteiger charge is 2.20. The van der Waals surface area contributed by atoms with Crippen LogP contribution in [-0.4, -0.2) is 31.3 Å². The molecule has 0 saturated heterocycles. The lowest BCUT2D eigenvalue weighted by molar-refractivity contribution is 0.0598. The molecule has 27 heavy (non-hydrogen) atoms. The van der Waals surface area contributed by atoms with E-state index in [1.807, 2.05) is 49.4 Å². The number of para-hydroxylation sites is 1. The number of benzene rings is 2. The monoisotopic (exact) mass is 381 g/mol. The van der Waals surface area contributed by atoms with Crippen LogP contribution in [0, 0.1) is 6.92 Å². The molecule has 0 saturated carbocycles. The number of pyridine rings is 1. The van der Waals surface area contributed by atoms with Gasteiger partial charge in [-0.1, -0.05) is 18.2 Å². The summed E-state index contributed by atoms with van der Waals surface area (Å²) in [7, 11) is 1.40. The molecule has 1 aliphatic rings. The zero-order valence-electron chi connectivity index (χ0n) is 15.2. The second kappa shape index (κ2) is 7.48. The average Bonchev–Trinajstić information content (AvgIpc) is 2.71. The number of rotatable bonds is 4. The van der Waals surface area contributed by atoms with Gasteiger partial charge in [-0.2, -0.15) is 0 Å². The summed E-state index contributed by atoms with van der Waals surface area (Å²) < 4.78 is 16.2. The fourth-order valence-electron chi connectivity index (χ4n) is 3.18. The maximum absolute atomic E-state index is 12.4. The molecule has 4 rings (SSSR count). The van der Waals surface area contributed by atoms with E-state index < -0.39 is 0 Å². The number of hydrogen-bond acceptors (Lipinski definition) is 6. The van der Waals surface area contributed by atoms with Gasteiger partial charge in [0.1, 0.15) is 13.2 Å². The van der Waals surface area contributed by atoms with Crippen LogP contribution in [0.5, 0.6) is 11.5 Å². The molecule has 0 aliphatic carbocycles. The van der Waals surface area contributed by atoms with Gasteiger partial charge in [0.15, 0.2) is 11.5 Å². The van der Waals surface area contributed by atoms with Crippen molar-refractivity contribution in [1.29, 1.82) is 0 Å². The van der Waals surface area contributed by atoms with E-state index in [-0.39, 0.29) is 5.97 Å². The number of carbonyl (C=O) groups excluding carboxylic acids is 1. The Bertz CT molecular complexity index is 1020. The Morgan fingerprint density at radius 3 is 2.74 bits per heavy atom. The summed E-state index contributed by atoms with van der Waals surface area (Å²) in [5.41, 5.74) is 3.03. The number of aryl methyl sites for hydroxylation is 1. The van der Waals surface area contributed by atoms with Crippen LogP contribution >= 0.6 is 11.8 Å². The number of esters is 1. The molecule has 2 aromatic carbocycles. The predicted molar refractivity (Wildman–Crippen MR) is 105 cm³/mol. The highest BCUT2D eigenvalue weighted by Crippen LogP contribution is 2.36. The van der Waals surface area contributed by atoms with Gasteiger partial charge in [0.05, 0.1) is 23.9 Å². The molecular formula is C21H19NO4S. The van der Waals surface area contributed by atoms with E-state index >= 15 is 0 Å². The molecule has 5 nitrogen and oxygen atoms in total. The van der Waals surface area contributed by atoms with Gasteiger partial charge in [0.25, 0.3) is 0 Å². The topological polar surface area (TPSA) is 57.7 Å². The van der Waals surface area contributed by atoms with E-state index in [4.69, 9.17) is 19.2 Å². The highest BCUT2D eigenvalue weighted by atomic mass is 32.2. The van der Waals surface area contributed by atoms with Crippen molar-refractivity contribution in [2.45, 2.75) is 17.6 Å². The molecule has 0 unspecified atom stereocenters. The number of nitrogens with zero attached hydrogens (tertiary/aromatic N) is 1. The number of ether oxygens (including phenoxy) is 3. The van der Waals surface area contributed by atoms with Gasteiger partial charge in [0.2, 0.25) is 0 Å². The highest BCUT2D eigenvalue weighted by molar-refractivity contribution is 7.98. The Morgan fingerprint density at radius 1 is 1.15 bits per heavy atom. The Kier molecular flexibility index (Phi) is 4.90. The molecule has 138 valence electrons. The zero-order chi connectivity index (χ0) is 18.8. The fraction of sp³-hybridized carbons (Fsp3) is 0.238. The molecule has 2 heterocycles.